The fraction of sp³-hybridized carbons (Fsp3) is 0. The second-order valence-electron chi connectivity index (χ2n) is 13.8. The molecule has 0 radical (unpaired) electrons. The molecule has 0 aliphatic heterocycles. The third-order valence-electron chi connectivity index (χ3n) is 10.7. The molecule has 0 spiro atoms. The lowest BCUT2D eigenvalue weighted by atomic mass is 9.90. The molecule has 0 bridgehead atoms. The van der Waals surface area contributed by atoms with Crippen molar-refractivity contribution in [1.29, 1.82) is 0 Å². The zero-order valence-corrected chi connectivity index (χ0v) is 29.1. The zero-order chi connectivity index (χ0) is 35.6. The molecule has 0 saturated carbocycles. The molecule has 11 rings (SSSR count). The number of hydrogen-bond donors (Lipinski definition) is 0. The first kappa shape index (κ1) is 30.3. The lowest BCUT2D eigenvalue weighted by Gasteiger charge is -2.15. The normalized spacial score (nSPS) is 11.7. The molecule has 0 fully saturated rings. The van der Waals surface area contributed by atoms with Gasteiger partial charge in [-0.15, -0.1) is 0 Å². The Morgan fingerprint density at radius 2 is 0.815 bits per heavy atom. The number of aromatic nitrogens is 4. The Hall–Kier alpha value is -7.30. The monoisotopic (exact) mass is 686 g/mol. The van der Waals surface area contributed by atoms with Gasteiger partial charge in [-0.2, -0.15) is 0 Å². The average Bonchev–Trinajstić information content (AvgIpc) is 3.26. The van der Waals surface area contributed by atoms with E-state index >= 15 is 0 Å². The van der Waals surface area contributed by atoms with E-state index in [1.165, 1.54) is 48.7 Å². The van der Waals surface area contributed by atoms with Crippen molar-refractivity contribution < 1.29 is 0 Å². The van der Waals surface area contributed by atoms with Gasteiger partial charge in [-0.3, -0.25) is 4.98 Å². The summed E-state index contributed by atoms with van der Waals surface area (Å²) in [7, 11) is 0. The molecule has 0 amide bonds. The molecule has 0 atom stereocenters. The molecular weight excluding hydrogens is 657 g/mol. The minimum Gasteiger partial charge on any atom is -0.252 e. The largest absolute Gasteiger partial charge is 0.252 e. The van der Waals surface area contributed by atoms with Gasteiger partial charge in [0.05, 0.1) is 0 Å². The molecule has 4 heteroatoms. The molecule has 11 aromatic rings. The van der Waals surface area contributed by atoms with E-state index < -0.39 is 0 Å². The first-order chi connectivity index (χ1) is 26.8. The van der Waals surface area contributed by atoms with Gasteiger partial charge in [-0.05, 0) is 88.6 Å². The first-order valence-corrected chi connectivity index (χ1v) is 18.2. The summed E-state index contributed by atoms with van der Waals surface area (Å²) in [5.41, 5.74) is 4.90. The van der Waals surface area contributed by atoms with Gasteiger partial charge in [0.15, 0.2) is 17.5 Å². The summed E-state index contributed by atoms with van der Waals surface area (Å²) in [5, 5.41) is 14.4. The maximum absolute atomic E-state index is 5.14. The minimum absolute atomic E-state index is 0.538. The second-order valence-corrected chi connectivity index (χ2v) is 13.8. The molecule has 2 aromatic heterocycles. The standard InChI is InChI=1S/C50H30N4/c1-2-13-32(14-3-1)48-52-49(54-50(53-48)47-29-34-23-22-31-12-4-5-15-35(31)46(34)30-51-47)44-27-26-36(37-16-6-10-20-41(37)44)33-24-25-43-40-19-8-7-17-38(40)39-18-9-11-21-42(39)45(43)28-33/h1-30H. The molecule has 9 aromatic carbocycles. The average molecular weight is 687 g/mol. The van der Waals surface area contributed by atoms with Crippen LogP contribution in [0.5, 0.6) is 0 Å². The molecular formula is C50H30N4. The van der Waals surface area contributed by atoms with Crippen LogP contribution < -0.4 is 0 Å². The summed E-state index contributed by atoms with van der Waals surface area (Å²) >= 11 is 0. The third-order valence-corrected chi connectivity index (χ3v) is 10.7. The summed E-state index contributed by atoms with van der Waals surface area (Å²) in [4.78, 5) is 20.2. The van der Waals surface area contributed by atoms with Crippen LogP contribution in [0.4, 0.5) is 0 Å². The van der Waals surface area contributed by atoms with Crippen LogP contribution in [0.2, 0.25) is 0 Å². The Morgan fingerprint density at radius 1 is 0.278 bits per heavy atom. The minimum atomic E-state index is 0.538. The van der Waals surface area contributed by atoms with Crippen LogP contribution in [0, 0.1) is 0 Å². The highest BCUT2D eigenvalue weighted by Gasteiger charge is 2.18. The maximum atomic E-state index is 5.14. The van der Waals surface area contributed by atoms with E-state index in [2.05, 4.69) is 146 Å². The van der Waals surface area contributed by atoms with E-state index in [-0.39, 0.29) is 0 Å². The summed E-state index contributed by atoms with van der Waals surface area (Å²) in [6.07, 6.45) is 1.94. The van der Waals surface area contributed by atoms with E-state index in [9.17, 15) is 0 Å². The van der Waals surface area contributed by atoms with Crippen molar-refractivity contribution >= 4 is 64.6 Å². The van der Waals surface area contributed by atoms with Crippen LogP contribution in [0.25, 0.3) is 110 Å². The number of rotatable bonds is 4. The maximum Gasteiger partial charge on any atom is 0.182 e. The van der Waals surface area contributed by atoms with Crippen LogP contribution in [0.15, 0.2) is 182 Å². The van der Waals surface area contributed by atoms with Crippen molar-refractivity contribution in [2.45, 2.75) is 0 Å². The highest BCUT2D eigenvalue weighted by atomic mass is 15.0. The Bertz CT molecular complexity index is 3240. The number of nitrogens with zero attached hydrogens (tertiary/aromatic N) is 4. The zero-order valence-electron chi connectivity index (χ0n) is 29.1. The molecule has 0 aliphatic carbocycles. The summed E-state index contributed by atoms with van der Waals surface area (Å²) in [6.45, 7) is 0. The van der Waals surface area contributed by atoms with Crippen molar-refractivity contribution in [2.24, 2.45) is 0 Å². The molecule has 54 heavy (non-hydrogen) atoms. The molecule has 0 saturated heterocycles. The Labute approximate surface area is 311 Å². The highest BCUT2D eigenvalue weighted by molar-refractivity contribution is 6.26. The number of benzene rings is 9. The second kappa shape index (κ2) is 12.1. The van der Waals surface area contributed by atoms with E-state index in [0.29, 0.717) is 23.2 Å². The Morgan fingerprint density at radius 3 is 1.56 bits per heavy atom. The topological polar surface area (TPSA) is 51.6 Å². The van der Waals surface area contributed by atoms with Gasteiger partial charge in [0.2, 0.25) is 0 Å². The fourth-order valence-electron chi connectivity index (χ4n) is 8.17. The van der Waals surface area contributed by atoms with E-state index in [4.69, 9.17) is 19.9 Å². The van der Waals surface area contributed by atoms with Crippen LogP contribution in [-0.4, -0.2) is 19.9 Å². The van der Waals surface area contributed by atoms with Crippen molar-refractivity contribution in [3.05, 3.63) is 182 Å². The third kappa shape index (κ3) is 4.85. The van der Waals surface area contributed by atoms with Gasteiger partial charge in [0, 0.05) is 22.7 Å². The molecule has 0 aliphatic rings. The lowest BCUT2D eigenvalue weighted by Crippen LogP contribution is -2.01. The van der Waals surface area contributed by atoms with Crippen LogP contribution >= 0.6 is 0 Å². The Kier molecular flexibility index (Phi) is 6.82. The van der Waals surface area contributed by atoms with Crippen molar-refractivity contribution in [2.75, 3.05) is 0 Å². The van der Waals surface area contributed by atoms with Gasteiger partial charge >= 0.3 is 0 Å². The number of fused-ring (bicyclic) bond motifs is 10. The quantitative estimate of drug-likeness (QED) is 0.173. The summed E-state index contributed by atoms with van der Waals surface area (Å²) < 4.78 is 0. The molecule has 2 heterocycles. The summed E-state index contributed by atoms with van der Waals surface area (Å²) in [6, 6.07) is 62.2. The summed E-state index contributed by atoms with van der Waals surface area (Å²) in [5.74, 6) is 1.76. The predicted octanol–water partition coefficient (Wildman–Crippen LogP) is 12.9. The fourth-order valence-corrected chi connectivity index (χ4v) is 8.17. The van der Waals surface area contributed by atoms with E-state index in [0.717, 1.165) is 38.2 Å². The lowest BCUT2D eigenvalue weighted by molar-refractivity contribution is 1.06. The van der Waals surface area contributed by atoms with E-state index in [1.54, 1.807) is 0 Å². The van der Waals surface area contributed by atoms with Crippen LogP contribution in [-0.2, 0) is 0 Å². The van der Waals surface area contributed by atoms with Crippen molar-refractivity contribution in [1.82, 2.24) is 19.9 Å². The number of pyridine rings is 1. The SMILES string of the molecule is c1ccc(-c2nc(-c3cc4ccc5ccccc5c4cn3)nc(-c3ccc(-c4ccc5c6ccccc6c6ccccc6c5c4)c4ccccc34)n2)cc1. The van der Waals surface area contributed by atoms with Crippen molar-refractivity contribution in [3.8, 4) is 45.4 Å². The molecule has 250 valence electrons. The van der Waals surface area contributed by atoms with Gasteiger partial charge in [0.1, 0.15) is 5.69 Å². The van der Waals surface area contributed by atoms with Gasteiger partial charge < -0.3 is 0 Å². The van der Waals surface area contributed by atoms with Gasteiger partial charge in [-0.25, -0.2) is 15.0 Å². The highest BCUT2D eigenvalue weighted by Crippen LogP contribution is 2.40. The van der Waals surface area contributed by atoms with E-state index in [1.807, 2.05) is 36.5 Å². The van der Waals surface area contributed by atoms with Crippen LogP contribution in [0.1, 0.15) is 0 Å². The van der Waals surface area contributed by atoms with Gasteiger partial charge in [0.25, 0.3) is 0 Å². The molecule has 0 unspecified atom stereocenters. The molecule has 4 nitrogen and oxygen atoms in total. The first-order valence-electron chi connectivity index (χ1n) is 18.2. The smallest absolute Gasteiger partial charge is 0.182 e. The predicted molar refractivity (Wildman–Crippen MR) is 224 cm³/mol. The van der Waals surface area contributed by atoms with Crippen molar-refractivity contribution in [3.63, 3.8) is 0 Å². The van der Waals surface area contributed by atoms with Gasteiger partial charge in [-0.1, -0.05) is 158 Å². The molecule has 0 N–H and O–H groups in total. The van der Waals surface area contributed by atoms with Crippen LogP contribution in [0.3, 0.4) is 0 Å². The number of hydrogen-bond acceptors (Lipinski definition) is 4. The Balaban J connectivity index is 1.10.